The SMILES string of the molecule is CN1CCC(=O)N(C2CCCN2)CC1=O. The highest BCUT2D eigenvalue weighted by Crippen LogP contribution is 2.14. The third-order valence-electron chi connectivity index (χ3n) is 3.12. The van der Waals surface area contributed by atoms with Crippen LogP contribution in [-0.4, -0.2) is 54.5 Å². The Morgan fingerprint density at radius 1 is 1.33 bits per heavy atom. The van der Waals surface area contributed by atoms with E-state index in [-0.39, 0.29) is 24.5 Å². The average molecular weight is 211 g/mol. The maximum atomic E-state index is 11.8. The molecule has 5 heteroatoms. The molecule has 2 fully saturated rings. The molecule has 1 N–H and O–H groups in total. The van der Waals surface area contributed by atoms with E-state index in [4.69, 9.17) is 0 Å². The van der Waals surface area contributed by atoms with Crippen LogP contribution in [0.1, 0.15) is 19.3 Å². The quantitative estimate of drug-likeness (QED) is 0.629. The van der Waals surface area contributed by atoms with Crippen LogP contribution in [0.5, 0.6) is 0 Å². The number of carbonyl (C=O) groups excluding carboxylic acids is 2. The van der Waals surface area contributed by atoms with Crippen LogP contribution in [0, 0.1) is 0 Å². The summed E-state index contributed by atoms with van der Waals surface area (Å²) in [6.07, 6.45) is 2.56. The summed E-state index contributed by atoms with van der Waals surface area (Å²) in [5, 5.41) is 3.25. The molecule has 0 aromatic rings. The number of likely N-dealkylation sites (N-methyl/N-ethyl adjacent to an activating group) is 1. The molecule has 84 valence electrons. The Labute approximate surface area is 89.4 Å². The molecule has 2 saturated heterocycles. The zero-order chi connectivity index (χ0) is 10.8. The fourth-order valence-corrected chi connectivity index (χ4v) is 2.10. The summed E-state index contributed by atoms with van der Waals surface area (Å²) >= 11 is 0. The van der Waals surface area contributed by atoms with E-state index in [1.165, 1.54) is 0 Å². The Kier molecular flexibility index (Phi) is 2.90. The van der Waals surface area contributed by atoms with Crippen molar-refractivity contribution in [2.45, 2.75) is 25.4 Å². The van der Waals surface area contributed by atoms with Gasteiger partial charge in [-0.05, 0) is 19.4 Å². The molecule has 2 aliphatic rings. The number of hydrogen-bond donors (Lipinski definition) is 1. The van der Waals surface area contributed by atoms with Crippen LogP contribution < -0.4 is 5.32 Å². The summed E-state index contributed by atoms with van der Waals surface area (Å²) in [7, 11) is 1.75. The zero-order valence-corrected chi connectivity index (χ0v) is 9.03. The molecule has 0 bridgehead atoms. The molecule has 0 radical (unpaired) electrons. The predicted molar refractivity (Wildman–Crippen MR) is 55.0 cm³/mol. The highest BCUT2D eigenvalue weighted by molar-refractivity contribution is 5.87. The smallest absolute Gasteiger partial charge is 0.242 e. The van der Waals surface area contributed by atoms with Crippen molar-refractivity contribution in [2.75, 3.05) is 26.7 Å². The first kappa shape index (κ1) is 10.4. The first-order chi connectivity index (χ1) is 7.18. The van der Waals surface area contributed by atoms with Gasteiger partial charge >= 0.3 is 0 Å². The summed E-state index contributed by atoms with van der Waals surface area (Å²) < 4.78 is 0. The lowest BCUT2D eigenvalue weighted by Gasteiger charge is -2.26. The van der Waals surface area contributed by atoms with Crippen molar-refractivity contribution in [3.05, 3.63) is 0 Å². The molecule has 0 aliphatic carbocycles. The minimum Gasteiger partial charge on any atom is -0.344 e. The van der Waals surface area contributed by atoms with Gasteiger partial charge < -0.3 is 9.80 Å². The standard InChI is InChI=1S/C10H17N3O2/c1-12-6-4-9(14)13(7-10(12)15)8-3-2-5-11-8/h8,11H,2-7H2,1H3. The van der Waals surface area contributed by atoms with Crippen molar-refractivity contribution in [2.24, 2.45) is 0 Å². The molecule has 2 rings (SSSR count). The number of nitrogens with one attached hydrogen (secondary N) is 1. The van der Waals surface area contributed by atoms with Crippen molar-refractivity contribution in [1.29, 1.82) is 0 Å². The predicted octanol–water partition coefficient (Wildman–Crippen LogP) is -0.613. The van der Waals surface area contributed by atoms with Gasteiger partial charge in [0.15, 0.2) is 0 Å². The van der Waals surface area contributed by atoms with Gasteiger partial charge in [0.05, 0.1) is 6.17 Å². The molecule has 2 aliphatic heterocycles. The summed E-state index contributed by atoms with van der Waals surface area (Å²) in [5.41, 5.74) is 0. The van der Waals surface area contributed by atoms with Crippen LogP contribution >= 0.6 is 0 Å². The number of hydrogen-bond acceptors (Lipinski definition) is 3. The third-order valence-corrected chi connectivity index (χ3v) is 3.12. The average Bonchev–Trinajstić information content (AvgIpc) is 2.70. The monoisotopic (exact) mass is 211 g/mol. The molecule has 0 aromatic heterocycles. The molecule has 2 amide bonds. The topological polar surface area (TPSA) is 52.7 Å². The second-order valence-corrected chi connectivity index (χ2v) is 4.20. The van der Waals surface area contributed by atoms with Gasteiger partial charge in [0.25, 0.3) is 0 Å². The van der Waals surface area contributed by atoms with Crippen molar-refractivity contribution in [3.63, 3.8) is 0 Å². The lowest BCUT2D eigenvalue weighted by molar-refractivity contribution is -0.138. The van der Waals surface area contributed by atoms with Gasteiger partial charge in [0, 0.05) is 20.0 Å². The summed E-state index contributed by atoms with van der Waals surface area (Å²) in [6.45, 7) is 1.71. The second kappa shape index (κ2) is 4.18. The highest BCUT2D eigenvalue weighted by atomic mass is 16.2. The molecule has 5 nitrogen and oxygen atoms in total. The highest BCUT2D eigenvalue weighted by Gasteiger charge is 2.31. The number of rotatable bonds is 1. The molecular weight excluding hydrogens is 194 g/mol. The zero-order valence-electron chi connectivity index (χ0n) is 9.03. The Bertz CT molecular complexity index is 274. The van der Waals surface area contributed by atoms with E-state index in [9.17, 15) is 9.59 Å². The molecule has 0 aromatic carbocycles. The summed E-state index contributed by atoms with van der Waals surface area (Å²) in [6, 6.07) is 0. The van der Waals surface area contributed by atoms with Gasteiger partial charge in [-0.3, -0.25) is 14.9 Å². The Morgan fingerprint density at radius 3 is 2.80 bits per heavy atom. The van der Waals surface area contributed by atoms with E-state index in [0.717, 1.165) is 19.4 Å². The van der Waals surface area contributed by atoms with Gasteiger partial charge in [0.2, 0.25) is 11.8 Å². The molecular formula is C10H17N3O2. The van der Waals surface area contributed by atoms with Crippen molar-refractivity contribution >= 4 is 11.8 Å². The van der Waals surface area contributed by atoms with Gasteiger partial charge in [-0.25, -0.2) is 0 Å². The summed E-state index contributed by atoms with van der Waals surface area (Å²) in [5.74, 6) is 0.127. The molecule has 1 atom stereocenters. The molecule has 0 spiro atoms. The Morgan fingerprint density at radius 2 is 2.13 bits per heavy atom. The molecule has 2 heterocycles. The summed E-state index contributed by atoms with van der Waals surface area (Å²) in [4.78, 5) is 26.8. The lowest BCUT2D eigenvalue weighted by atomic mass is 10.3. The van der Waals surface area contributed by atoms with Crippen LogP contribution in [0.2, 0.25) is 0 Å². The molecule has 15 heavy (non-hydrogen) atoms. The first-order valence-corrected chi connectivity index (χ1v) is 5.45. The number of nitrogens with zero attached hydrogens (tertiary/aromatic N) is 2. The van der Waals surface area contributed by atoms with Gasteiger partial charge in [-0.2, -0.15) is 0 Å². The van der Waals surface area contributed by atoms with Crippen molar-refractivity contribution in [1.82, 2.24) is 15.1 Å². The van der Waals surface area contributed by atoms with Crippen molar-refractivity contribution < 1.29 is 9.59 Å². The van der Waals surface area contributed by atoms with E-state index in [0.29, 0.717) is 13.0 Å². The normalized spacial score (nSPS) is 28.5. The Balaban J connectivity index is 2.07. The van der Waals surface area contributed by atoms with Crippen LogP contribution in [0.3, 0.4) is 0 Å². The minimum absolute atomic E-state index is 0.0366. The lowest BCUT2D eigenvalue weighted by Crippen LogP contribution is -2.47. The largest absolute Gasteiger partial charge is 0.344 e. The second-order valence-electron chi connectivity index (χ2n) is 4.20. The van der Waals surface area contributed by atoms with Crippen LogP contribution in [0.4, 0.5) is 0 Å². The fourth-order valence-electron chi connectivity index (χ4n) is 2.10. The van der Waals surface area contributed by atoms with Crippen LogP contribution in [0.25, 0.3) is 0 Å². The number of amides is 2. The van der Waals surface area contributed by atoms with E-state index >= 15 is 0 Å². The fraction of sp³-hybridized carbons (Fsp3) is 0.800. The molecule has 0 saturated carbocycles. The minimum atomic E-state index is 0.0366. The first-order valence-electron chi connectivity index (χ1n) is 5.45. The maximum absolute atomic E-state index is 11.8. The van der Waals surface area contributed by atoms with Crippen LogP contribution in [0.15, 0.2) is 0 Å². The van der Waals surface area contributed by atoms with E-state index < -0.39 is 0 Å². The van der Waals surface area contributed by atoms with E-state index in [2.05, 4.69) is 5.32 Å². The Hall–Kier alpha value is -1.10. The maximum Gasteiger partial charge on any atom is 0.242 e. The van der Waals surface area contributed by atoms with Gasteiger partial charge in [-0.15, -0.1) is 0 Å². The van der Waals surface area contributed by atoms with Gasteiger partial charge in [-0.1, -0.05) is 0 Å². The third kappa shape index (κ3) is 2.12. The number of carbonyl (C=O) groups is 2. The van der Waals surface area contributed by atoms with Gasteiger partial charge in [0.1, 0.15) is 6.54 Å². The van der Waals surface area contributed by atoms with Crippen molar-refractivity contribution in [3.8, 4) is 0 Å². The molecule has 1 unspecified atom stereocenters. The van der Waals surface area contributed by atoms with Crippen LogP contribution in [-0.2, 0) is 9.59 Å². The van der Waals surface area contributed by atoms with E-state index in [1.54, 1.807) is 16.8 Å². The van der Waals surface area contributed by atoms with E-state index in [1.807, 2.05) is 0 Å².